The van der Waals surface area contributed by atoms with Crippen LogP contribution in [0.4, 0.5) is 0 Å². The van der Waals surface area contributed by atoms with E-state index in [0.717, 1.165) is 6.42 Å². The van der Waals surface area contributed by atoms with Gasteiger partial charge >= 0.3 is 0 Å². The Morgan fingerprint density at radius 2 is 1.30 bits per heavy atom. The van der Waals surface area contributed by atoms with Gasteiger partial charge in [0.2, 0.25) is 0 Å². The summed E-state index contributed by atoms with van der Waals surface area (Å²) in [7, 11) is 2.23. The van der Waals surface area contributed by atoms with Crippen molar-refractivity contribution in [3.05, 3.63) is 0 Å². The minimum absolute atomic E-state index is 0.369. The van der Waals surface area contributed by atoms with Crippen LogP contribution in [0.2, 0.25) is 6.32 Å². The number of hydrogen-bond donors (Lipinski definition) is 1. The summed E-state index contributed by atoms with van der Waals surface area (Å²) in [6.07, 6.45) is 8.93. The Morgan fingerprint density at radius 3 is 1.80 bits per heavy atom. The second kappa shape index (κ2) is 9.02. The average molecular weight is 142 g/mol. The first-order chi connectivity index (χ1) is 4.91. The van der Waals surface area contributed by atoms with Crippen molar-refractivity contribution in [3.8, 4) is 0 Å². The Morgan fingerprint density at radius 1 is 0.800 bits per heavy atom. The first-order valence-corrected chi connectivity index (χ1v) is 4.52. The molecule has 0 aromatic rings. The van der Waals surface area contributed by atoms with Crippen LogP contribution in [-0.4, -0.2) is 19.6 Å². The molecule has 0 aromatic carbocycles. The smallest absolute Gasteiger partial charge is 0.101 e. The van der Waals surface area contributed by atoms with E-state index in [0.29, 0.717) is 6.61 Å². The normalized spacial score (nSPS) is 10.1. The summed E-state index contributed by atoms with van der Waals surface area (Å²) in [6.45, 7) is 0.369. The van der Waals surface area contributed by atoms with Crippen LogP contribution in [-0.2, 0) is 0 Å². The van der Waals surface area contributed by atoms with E-state index in [-0.39, 0.29) is 0 Å². The number of hydrogen-bond acceptors (Lipinski definition) is 1. The summed E-state index contributed by atoms with van der Waals surface area (Å²) >= 11 is 0. The van der Waals surface area contributed by atoms with Crippen molar-refractivity contribution in [2.24, 2.45) is 0 Å². The van der Waals surface area contributed by atoms with Crippen molar-refractivity contribution >= 4 is 7.85 Å². The molecule has 0 heterocycles. The molecule has 0 radical (unpaired) electrons. The van der Waals surface area contributed by atoms with Crippen molar-refractivity contribution in [1.82, 2.24) is 0 Å². The topological polar surface area (TPSA) is 20.2 Å². The average Bonchev–Trinajstić information content (AvgIpc) is 1.97. The maximum Gasteiger partial charge on any atom is 0.101 e. The first kappa shape index (κ1) is 10.0. The SMILES string of the molecule is BCCCCCCCCO. The molecule has 0 aromatic heterocycles. The molecule has 1 N–H and O–H groups in total. The Kier molecular flexibility index (Phi) is 9.05. The second-order valence-electron chi connectivity index (χ2n) is 2.84. The van der Waals surface area contributed by atoms with Crippen molar-refractivity contribution in [2.75, 3.05) is 6.61 Å². The van der Waals surface area contributed by atoms with Crippen LogP contribution in [0.25, 0.3) is 0 Å². The van der Waals surface area contributed by atoms with Gasteiger partial charge in [0.15, 0.2) is 0 Å². The fourth-order valence-electron chi connectivity index (χ4n) is 1.07. The van der Waals surface area contributed by atoms with Crippen molar-refractivity contribution in [2.45, 2.75) is 44.8 Å². The number of aliphatic hydroxyl groups is 1. The quantitative estimate of drug-likeness (QED) is 0.420. The Bertz CT molecular complexity index is 49.2. The van der Waals surface area contributed by atoms with Crippen molar-refractivity contribution in [1.29, 1.82) is 0 Å². The van der Waals surface area contributed by atoms with Crippen LogP contribution >= 0.6 is 0 Å². The van der Waals surface area contributed by atoms with Crippen molar-refractivity contribution < 1.29 is 5.11 Å². The van der Waals surface area contributed by atoms with Crippen LogP contribution in [0.3, 0.4) is 0 Å². The van der Waals surface area contributed by atoms with Gasteiger partial charge < -0.3 is 5.11 Å². The molecule has 0 amide bonds. The van der Waals surface area contributed by atoms with E-state index >= 15 is 0 Å². The van der Waals surface area contributed by atoms with Gasteiger partial charge in [0.1, 0.15) is 7.85 Å². The molecule has 0 rings (SSSR count). The standard InChI is InChI=1S/C8H19BO/c9-7-5-3-1-2-4-6-8-10/h10H,1-9H2. The van der Waals surface area contributed by atoms with Gasteiger partial charge in [-0.1, -0.05) is 38.4 Å². The molecule has 0 saturated heterocycles. The summed E-state index contributed by atoms with van der Waals surface area (Å²) in [5, 5.41) is 8.47. The summed E-state index contributed by atoms with van der Waals surface area (Å²) in [5.74, 6) is 0. The van der Waals surface area contributed by atoms with Gasteiger partial charge in [0.25, 0.3) is 0 Å². The van der Waals surface area contributed by atoms with E-state index in [2.05, 4.69) is 7.85 Å². The molecule has 0 spiro atoms. The molecule has 0 atom stereocenters. The molecule has 0 aliphatic carbocycles. The van der Waals surface area contributed by atoms with Crippen LogP contribution < -0.4 is 0 Å². The summed E-state index contributed by atoms with van der Waals surface area (Å²) in [5.41, 5.74) is 0. The Hall–Kier alpha value is 0.0249. The second-order valence-corrected chi connectivity index (χ2v) is 2.84. The number of aliphatic hydroxyl groups excluding tert-OH is 1. The molecule has 2 heteroatoms. The Labute approximate surface area is 65.2 Å². The van der Waals surface area contributed by atoms with Crippen LogP contribution in [0.15, 0.2) is 0 Å². The number of rotatable bonds is 7. The minimum atomic E-state index is 0.369. The molecular weight excluding hydrogens is 123 g/mol. The van der Waals surface area contributed by atoms with Gasteiger partial charge in [-0.05, 0) is 6.42 Å². The lowest BCUT2D eigenvalue weighted by atomic mass is 9.98. The van der Waals surface area contributed by atoms with Gasteiger partial charge in [-0.3, -0.25) is 0 Å². The fourth-order valence-corrected chi connectivity index (χ4v) is 1.07. The molecule has 1 nitrogen and oxygen atoms in total. The monoisotopic (exact) mass is 142 g/mol. The first-order valence-electron chi connectivity index (χ1n) is 4.52. The highest BCUT2D eigenvalue weighted by Crippen LogP contribution is 2.05. The molecule has 0 bridgehead atoms. The van der Waals surface area contributed by atoms with Gasteiger partial charge in [-0.2, -0.15) is 0 Å². The lowest BCUT2D eigenvalue weighted by Crippen LogP contribution is -1.83. The third-order valence-corrected chi connectivity index (χ3v) is 1.76. The van der Waals surface area contributed by atoms with Crippen LogP contribution in [0, 0.1) is 0 Å². The van der Waals surface area contributed by atoms with Crippen LogP contribution in [0.1, 0.15) is 38.5 Å². The van der Waals surface area contributed by atoms with Gasteiger partial charge in [0.05, 0.1) is 0 Å². The highest BCUT2D eigenvalue weighted by molar-refractivity contribution is 6.08. The molecular formula is C8H19BO. The van der Waals surface area contributed by atoms with Crippen molar-refractivity contribution in [3.63, 3.8) is 0 Å². The van der Waals surface area contributed by atoms with Crippen LogP contribution in [0.5, 0.6) is 0 Å². The zero-order chi connectivity index (χ0) is 7.66. The number of unbranched alkanes of at least 4 members (excludes halogenated alkanes) is 5. The van der Waals surface area contributed by atoms with E-state index in [9.17, 15) is 0 Å². The highest BCUT2D eigenvalue weighted by Gasteiger charge is 1.88. The molecule has 10 heavy (non-hydrogen) atoms. The maximum atomic E-state index is 8.47. The molecule has 0 saturated carbocycles. The summed E-state index contributed by atoms with van der Waals surface area (Å²) in [4.78, 5) is 0. The third kappa shape index (κ3) is 8.02. The van der Waals surface area contributed by atoms with E-state index in [1.165, 1.54) is 38.4 Å². The predicted octanol–water partition coefficient (Wildman–Crippen LogP) is 1.37. The van der Waals surface area contributed by atoms with Gasteiger partial charge in [-0.15, -0.1) is 0 Å². The molecule has 0 fully saturated rings. The maximum absolute atomic E-state index is 8.47. The largest absolute Gasteiger partial charge is 0.396 e. The predicted molar refractivity (Wildman–Crippen MR) is 48.1 cm³/mol. The van der Waals surface area contributed by atoms with E-state index < -0.39 is 0 Å². The highest BCUT2D eigenvalue weighted by atomic mass is 16.2. The lowest BCUT2D eigenvalue weighted by Gasteiger charge is -1.97. The lowest BCUT2D eigenvalue weighted by molar-refractivity contribution is 0.282. The summed E-state index contributed by atoms with van der Waals surface area (Å²) in [6, 6.07) is 0. The zero-order valence-corrected chi connectivity index (χ0v) is 7.10. The van der Waals surface area contributed by atoms with Gasteiger partial charge in [-0.25, -0.2) is 0 Å². The van der Waals surface area contributed by atoms with E-state index in [4.69, 9.17) is 5.11 Å². The minimum Gasteiger partial charge on any atom is -0.396 e. The molecule has 60 valence electrons. The summed E-state index contributed by atoms with van der Waals surface area (Å²) < 4.78 is 0. The van der Waals surface area contributed by atoms with E-state index in [1.807, 2.05) is 0 Å². The van der Waals surface area contributed by atoms with E-state index in [1.54, 1.807) is 0 Å². The fraction of sp³-hybridized carbons (Fsp3) is 1.00. The Balaban J connectivity index is 2.65. The third-order valence-electron chi connectivity index (χ3n) is 1.76. The van der Waals surface area contributed by atoms with Gasteiger partial charge in [0, 0.05) is 6.61 Å². The zero-order valence-electron chi connectivity index (χ0n) is 7.10. The molecule has 0 aliphatic rings. The molecule has 0 unspecified atom stereocenters. The molecule has 0 aliphatic heterocycles.